The Bertz CT molecular complexity index is 900. The summed E-state index contributed by atoms with van der Waals surface area (Å²) in [7, 11) is 0. The minimum absolute atomic E-state index is 0.0328. The van der Waals surface area contributed by atoms with Crippen molar-refractivity contribution in [3.63, 3.8) is 0 Å². The Hall–Kier alpha value is -1.63. The summed E-state index contributed by atoms with van der Waals surface area (Å²) in [6.07, 6.45) is 3.70. The topological polar surface area (TPSA) is 62.3 Å². The molecule has 2 aromatic rings. The van der Waals surface area contributed by atoms with Crippen LogP contribution in [0.1, 0.15) is 44.1 Å². The van der Waals surface area contributed by atoms with Crippen LogP contribution in [0.3, 0.4) is 0 Å². The average Bonchev–Trinajstić information content (AvgIpc) is 3.11. The van der Waals surface area contributed by atoms with Crippen LogP contribution in [0, 0.1) is 11.3 Å². The standard InChI is InChI=1S/C21H25Cl2N3O2S/c1-21(2,3)19(28)26-9-7-13(8-10-26)18(27)25-20-24-12-15(29-20)11-14-5-4-6-16(22)17(14)23/h4-6,12-13H,7-11H2,1-3H3,(H,24,25,27). The number of hydrogen-bond donors (Lipinski definition) is 1. The molecule has 1 N–H and O–H groups in total. The third kappa shape index (κ3) is 5.50. The van der Waals surface area contributed by atoms with Crippen LogP contribution in [0.2, 0.25) is 10.0 Å². The fourth-order valence-corrected chi connectivity index (χ4v) is 4.57. The number of halogens is 2. The van der Waals surface area contributed by atoms with Gasteiger partial charge < -0.3 is 10.2 Å². The van der Waals surface area contributed by atoms with Crippen molar-refractivity contribution in [1.82, 2.24) is 9.88 Å². The summed E-state index contributed by atoms with van der Waals surface area (Å²) < 4.78 is 0. The van der Waals surface area contributed by atoms with Gasteiger partial charge in [-0.3, -0.25) is 9.59 Å². The van der Waals surface area contributed by atoms with E-state index in [-0.39, 0.29) is 17.7 Å². The predicted octanol–water partition coefficient (Wildman–Crippen LogP) is 5.26. The Labute approximate surface area is 185 Å². The Morgan fingerprint density at radius 3 is 2.59 bits per heavy atom. The molecule has 156 valence electrons. The Kier molecular flexibility index (Phi) is 6.87. The maximum absolute atomic E-state index is 12.6. The highest BCUT2D eigenvalue weighted by atomic mass is 35.5. The number of benzene rings is 1. The monoisotopic (exact) mass is 453 g/mol. The maximum atomic E-state index is 12.6. The molecule has 0 unspecified atom stereocenters. The largest absolute Gasteiger partial charge is 0.342 e. The summed E-state index contributed by atoms with van der Waals surface area (Å²) in [6, 6.07) is 5.55. The van der Waals surface area contributed by atoms with Crippen molar-refractivity contribution in [2.75, 3.05) is 18.4 Å². The van der Waals surface area contributed by atoms with Crippen LogP contribution in [0.15, 0.2) is 24.4 Å². The van der Waals surface area contributed by atoms with Gasteiger partial charge in [-0.2, -0.15) is 0 Å². The number of nitrogens with zero attached hydrogens (tertiary/aromatic N) is 2. The van der Waals surface area contributed by atoms with E-state index in [1.165, 1.54) is 11.3 Å². The van der Waals surface area contributed by atoms with E-state index in [1.807, 2.05) is 37.8 Å². The predicted molar refractivity (Wildman–Crippen MR) is 119 cm³/mol. The molecule has 0 aliphatic carbocycles. The van der Waals surface area contributed by atoms with Gasteiger partial charge in [0.1, 0.15) is 0 Å². The first-order valence-corrected chi connectivity index (χ1v) is 11.2. The van der Waals surface area contributed by atoms with E-state index in [4.69, 9.17) is 23.2 Å². The number of hydrogen-bond acceptors (Lipinski definition) is 4. The Morgan fingerprint density at radius 2 is 1.93 bits per heavy atom. The molecule has 2 amide bonds. The zero-order chi connectivity index (χ0) is 21.2. The molecule has 1 aliphatic rings. The van der Waals surface area contributed by atoms with Crippen molar-refractivity contribution in [3.8, 4) is 0 Å². The van der Waals surface area contributed by atoms with Gasteiger partial charge in [-0.25, -0.2) is 4.98 Å². The van der Waals surface area contributed by atoms with E-state index in [1.54, 1.807) is 12.3 Å². The lowest BCUT2D eigenvalue weighted by Gasteiger charge is -2.35. The number of nitrogens with one attached hydrogen (secondary N) is 1. The second-order valence-electron chi connectivity index (χ2n) is 8.33. The normalized spacial score (nSPS) is 15.4. The number of thiazole rings is 1. The average molecular weight is 454 g/mol. The molecule has 0 spiro atoms. The lowest BCUT2D eigenvalue weighted by molar-refractivity contribution is -0.142. The van der Waals surface area contributed by atoms with Crippen LogP contribution in [-0.4, -0.2) is 34.8 Å². The lowest BCUT2D eigenvalue weighted by atomic mass is 9.91. The molecule has 1 saturated heterocycles. The van der Waals surface area contributed by atoms with E-state index in [9.17, 15) is 9.59 Å². The molecular weight excluding hydrogens is 429 g/mol. The van der Waals surface area contributed by atoms with Crippen molar-refractivity contribution in [2.45, 2.75) is 40.0 Å². The van der Waals surface area contributed by atoms with Gasteiger partial charge in [-0.1, -0.05) is 56.1 Å². The van der Waals surface area contributed by atoms with Crippen molar-refractivity contribution >= 4 is 51.5 Å². The molecule has 0 bridgehead atoms. The second-order valence-corrected chi connectivity index (χ2v) is 10.2. The Balaban J connectivity index is 1.54. The van der Waals surface area contributed by atoms with Crippen molar-refractivity contribution < 1.29 is 9.59 Å². The third-order valence-corrected chi connectivity index (χ3v) is 6.75. The molecule has 5 nitrogen and oxygen atoms in total. The van der Waals surface area contributed by atoms with E-state index >= 15 is 0 Å². The minimum Gasteiger partial charge on any atom is -0.342 e. The Morgan fingerprint density at radius 1 is 1.24 bits per heavy atom. The molecule has 1 aliphatic heterocycles. The number of piperidine rings is 1. The lowest BCUT2D eigenvalue weighted by Crippen LogP contribution is -2.45. The number of carbonyl (C=O) groups is 2. The van der Waals surface area contributed by atoms with E-state index in [0.717, 1.165) is 10.4 Å². The molecule has 8 heteroatoms. The number of anilines is 1. The van der Waals surface area contributed by atoms with Crippen molar-refractivity contribution in [2.24, 2.45) is 11.3 Å². The molecule has 29 heavy (non-hydrogen) atoms. The van der Waals surface area contributed by atoms with Crippen LogP contribution in [0.25, 0.3) is 0 Å². The molecule has 0 atom stereocenters. The van der Waals surface area contributed by atoms with Crippen LogP contribution >= 0.6 is 34.5 Å². The highest BCUT2D eigenvalue weighted by Gasteiger charge is 2.32. The molecule has 3 rings (SSSR count). The van der Waals surface area contributed by atoms with E-state index < -0.39 is 5.41 Å². The molecule has 0 radical (unpaired) electrons. The summed E-state index contributed by atoms with van der Waals surface area (Å²) in [5, 5.41) is 4.58. The SMILES string of the molecule is CC(C)(C)C(=O)N1CCC(C(=O)Nc2ncc(Cc3cccc(Cl)c3Cl)s2)CC1. The first-order chi connectivity index (χ1) is 13.6. The summed E-state index contributed by atoms with van der Waals surface area (Å²) in [6.45, 7) is 7.00. The summed E-state index contributed by atoms with van der Waals surface area (Å²) in [5.41, 5.74) is 0.537. The molecule has 1 aromatic heterocycles. The van der Waals surface area contributed by atoms with Gasteiger partial charge in [0.15, 0.2) is 5.13 Å². The number of amides is 2. The first kappa shape index (κ1) is 22.1. The zero-order valence-corrected chi connectivity index (χ0v) is 19.1. The number of rotatable bonds is 4. The molecule has 1 fully saturated rings. The summed E-state index contributed by atoms with van der Waals surface area (Å²) in [4.78, 5) is 32.2. The number of carbonyl (C=O) groups excluding carboxylic acids is 2. The van der Waals surface area contributed by atoms with E-state index in [0.29, 0.717) is 47.5 Å². The number of likely N-dealkylation sites (tertiary alicyclic amines) is 1. The van der Waals surface area contributed by atoms with Crippen LogP contribution < -0.4 is 5.32 Å². The van der Waals surface area contributed by atoms with Gasteiger partial charge in [-0.05, 0) is 24.5 Å². The van der Waals surface area contributed by atoms with Crippen molar-refractivity contribution in [3.05, 3.63) is 44.9 Å². The van der Waals surface area contributed by atoms with Crippen molar-refractivity contribution in [1.29, 1.82) is 0 Å². The van der Waals surface area contributed by atoms with Gasteiger partial charge >= 0.3 is 0 Å². The van der Waals surface area contributed by atoms with Crippen LogP contribution in [0.4, 0.5) is 5.13 Å². The van der Waals surface area contributed by atoms with Gasteiger partial charge in [0.05, 0.1) is 10.0 Å². The summed E-state index contributed by atoms with van der Waals surface area (Å²) in [5.74, 6) is 0.00360. The number of aromatic nitrogens is 1. The highest BCUT2D eigenvalue weighted by molar-refractivity contribution is 7.15. The quantitative estimate of drug-likeness (QED) is 0.685. The molecule has 2 heterocycles. The van der Waals surface area contributed by atoms with Crippen LogP contribution in [0.5, 0.6) is 0 Å². The second kappa shape index (κ2) is 9.02. The summed E-state index contributed by atoms with van der Waals surface area (Å²) >= 11 is 13.8. The maximum Gasteiger partial charge on any atom is 0.229 e. The third-order valence-electron chi connectivity index (χ3n) is 4.97. The first-order valence-electron chi connectivity index (χ1n) is 9.63. The fraction of sp³-hybridized carbons (Fsp3) is 0.476. The van der Waals surface area contributed by atoms with Gasteiger partial charge in [0, 0.05) is 41.9 Å². The van der Waals surface area contributed by atoms with Gasteiger partial charge in [0.2, 0.25) is 11.8 Å². The zero-order valence-electron chi connectivity index (χ0n) is 16.8. The van der Waals surface area contributed by atoms with Gasteiger partial charge in [0.25, 0.3) is 0 Å². The minimum atomic E-state index is -0.391. The molecular formula is C21H25Cl2N3O2S. The smallest absolute Gasteiger partial charge is 0.229 e. The fourth-order valence-electron chi connectivity index (χ4n) is 3.35. The van der Waals surface area contributed by atoms with Gasteiger partial charge in [-0.15, -0.1) is 11.3 Å². The highest BCUT2D eigenvalue weighted by Crippen LogP contribution is 2.30. The van der Waals surface area contributed by atoms with Crippen LogP contribution in [-0.2, 0) is 16.0 Å². The molecule has 1 aromatic carbocycles. The van der Waals surface area contributed by atoms with E-state index in [2.05, 4.69) is 10.3 Å². The molecule has 0 saturated carbocycles.